The molecule has 0 aliphatic carbocycles. The van der Waals surface area contributed by atoms with Crippen LogP contribution in [0.4, 0.5) is 4.39 Å². The molecule has 27 heavy (non-hydrogen) atoms. The van der Waals surface area contributed by atoms with Crippen molar-refractivity contribution in [1.82, 2.24) is 30.1 Å². The summed E-state index contributed by atoms with van der Waals surface area (Å²) < 4.78 is 22.0. The highest BCUT2D eigenvalue weighted by atomic mass is 32.2. The van der Waals surface area contributed by atoms with Gasteiger partial charge in [0.15, 0.2) is 0 Å². The smallest absolute Gasteiger partial charge is 0.274 e. The number of aryl methyl sites for hydroxylation is 1. The summed E-state index contributed by atoms with van der Waals surface area (Å²) in [6.45, 7) is 1.25. The van der Waals surface area contributed by atoms with Gasteiger partial charge < -0.3 is 9.64 Å². The molecule has 2 aromatic heterocycles. The molecule has 1 aromatic carbocycles. The zero-order valence-electron chi connectivity index (χ0n) is 14.5. The van der Waals surface area contributed by atoms with Gasteiger partial charge in [0.1, 0.15) is 17.4 Å². The van der Waals surface area contributed by atoms with Crippen LogP contribution in [0.3, 0.4) is 0 Å². The van der Waals surface area contributed by atoms with Crippen molar-refractivity contribution in [3.05, 3.63) is 24.0 Å². The molecule has 1 aliphatic heterocycles. The van der Waals surface area contributed by atoms with Crippen molar-refractivity contribution in [1.29, 1.82) is 0 Å². The number of halogens is 1. The number of para-hydroxylation sites is 1. The van der Waals surface area contributed by atoms with E-state index in [0.29, 0.717) is 34.7 Å². The fourth-order valence-corrected chi connectivity index (χ4v) is 4.52. The molecule has 3 aromatic rings. The first-order valence-corrected chi connectivity index (χ1v) is 10.2. The summed E-state index contributed by atoms with van der Waals surface area (Å²) in [7, 11) is 1.74. The number of thioether (sulfide) groups is 1. The third-order valence-electron chi connectivity index (χ3n) is 4.32. The maximum absolute atomic E-state index is 13.7. The molecule has 11 heteroatoms. The first-order chi connectivity index (χ1) is 13.1. The van der Waals surface area contributed by atoms with Gasteiger partial charge in [-0.15, -0.1) is 5.10 Å². The Morgan fingerprint density at radius 2 is 2.22 bits per heavy atom. The highest BCUT2D eigenvalue weighted by molar-refractivity contribution is 7.99. The number of ether oxygens (including phenoxy) is 1. The van der Waals surface area contributed by atoms with Crippen molar-refractivity contribution in [2.45, 2.75) is 24.1 Å². The zero-order valence-corrected chi connectivity index (χ0v) is 16.2. The molecular formula is C16H17FN6O2S2. The third kappa shape index (κ3) is 4.03. The standard InChI is InChI=1S/C16H17FN6O2S2/c1-22-15(19-20-21-22)26-9-13(24)23-7-5-10(6-8-23)25-16-18-14-11(17)3-2-4-12(14)27-16/h2-4,10H,5-9H2,1H3. The van der Waals surface area contributed by atoms with Crippen LogP contribution in [-0.2, 0) is 11.8 Å². The van der Waals surface area contributed by atoms with Gasteiger partial charge in [0.2, 0.25) is 11.1 Å². The Morgan fingerprint density at radius 3 is 2.93 bits per heavy atom. The maximum Gasteiger partial charge on any atom is 0.274 e. The van der Waals surface area contributed by atoms with E-state index in [1.54, 1.807) is 17.8 Å². The van der Waals surface area contributed by atoms with Gasteiger partial charge in [-0.1, -0.05) is 29.2 Å². The van der Waals surface area contributed by atoms with Gasteiger partial charge in [-0.3, -0.25) is 4.79 Å². The number of thiazole rings is 1. The lowest BCUT2D eigenvalue weighted by atomic mass is 10.1. The van der Waals surface area contributed by atoms with E-state index in [0.717, 1.165) is 17.5 Å². The van der Waals surface area contributed by atoms with E-state index in [4.69, 9.17) is 4.74 Å². The van der Waals surface area contributed by atoms with E-state index in [-0.39, 0.29) is 17.8 Å². The third-order valence-corrected chi connectivity index (χ3v) is 6.23. The van der Waals surface area contributed by atoms with Crippen LogP contribution in [0, 0.1) is 5.82 Å². The number of amides is 1. The van der Waals surface area contributed by atoms with E-state index in [2.05, 4.69) is 20.5 Å². The van der Waals surface area contributed by atoms with E-state index >= 15 is 0 Å². The Kier molecular flexibility index (Phi) is 5.21. The van der Waals surface area contributed by atoms with Gasteiger partial charge >= 0.3 is 0 Å². The van der Waals surface area contributed by atoms with Gasteiger partial charge in [-0.05, 0) is 22.6 Å². The predicted octanol–water partition coefficient (Wildman–Crippen LogP) is 2.12. The maximum atomic E-state index is 13.7. The largest absolute Gasteiger partial charge is 0.467 e. The summed E-state index contributed by atoms with van der Waals surface area (Å²) >= 11 is 2.66. The quantitative estimate of drug-likeness (QED) is 0.598. The average molecular weight is 408 g/mol. The Morgan fingerprint density at radius 1 is 1.41 bits per heavy atom. The van der Waals surface area contributed by atoms with E-state index in [1.807, 2.05) is 11.0 Å². The van der Waals surface area contributed by atoms with Gasteiger partial charge in [-0.2, -0.15) is 4.98 Å². The molecule has 1 aliphatic rings. The number of rotatable bonds is 5. The summed E-state index contributed by atoms with van der Waals surface area (Å²) in [6.07, 6.45) is 1.42. The van der Waals surface area contributed by atoms with Gasteiger partial charge in [0, 0.05) is 33.0 Å². The number of hydrogen-bond acceptors (Lipinski definition) is 8. The van der Waals surface area contributed by atoms with Crippen molar-refractivity contribution < 1.29 is 13.9 Å². The first-order valence-electron chi connectivity index (χ1n) is 8.45. The number of aromatic nitrogens is 5. The SMILES string of the molecule is Cn1nnnc1SCC(=O)N1CCC(Oc2nc3c(F)cccc3s2)CC1. The van der Waals surface area contributed by atoms with Crippen LogP contribution in [-0.4, -0.2) is 60.9 Å². The first kappa shape index (κ1) is 18.1. The second kappa shape index (κ2) is 7.77. The molecule has 8 nitrogen and oxygen atoms in total. The fourth-order valence-electron chi connectivity index (χ4n) is 2.87. The summed E-state index contributed by atoms with van der Waals surface area (Å²) in [6, 6.07) is 4.89. The number of tetrazole rings is 1. The van der Waals surface area contributed by atoms with Crippen molar-refractivity contribution in [2.75, 3.05) is 18.8 Å². The number of carbonyl (C=O) groups excluding carboxylic acids is 1. The normalized spacial score (nSPS) is 15.4. The molecular weight excluding hydrogens is 391 g/mol. The number of likely N-dealkylation sites (tertiary alicyclic amines) is 1. The Bertz CT molecular complexity index is 953. The summed E-state index contributed by atoms with van der Waals surface area (Å²) in [4.78, 5) is 18.4. The molecule has 1 saturated heterocycles. The molecule has 0 saturated carbocycles. The predicted molar refractivity (Wildman–Crippen MR) is 99.3 cm³/mol. The minimum atomic E-state index is -0.338. The van der Waals surface area contributed by atoms with E-state index in [1.165, 1.54) is 29.2 Å². The van der Waals surface area contributed by atoms with Crippen LogP contribution in [0.2, 0.25) is 0 Å². The van der Waals surface area contributed by atoms with Crippen LogP contribution in [0.15, 0.2) is 23.4 Å². The Hall–Kier alpha value is -2.27. The van der Waals surface area contributed by atoms with E-state index < -0.39 is 0 Å². The zero-order chi connectivity index (χ0) is 18.8. The van der Waals surface area contributed by atoms with Crippen LogP contribution in [0.5, 0.6) is 5.19 Å². The minimum Gasteiger partial charge on any atom is -0.467 e. The van der Waals surface area contributed by atoms with E-state index in [9.17, 15) is 9.18 Å². The average Bonchev–Trinajstić information content (AvgIpc) is 3.27. The number of carbonyl (C=O) groups is 1. The van der Waals surface area contributed by atoms with Gasteiger partial charge in [0.05, 0.1) is 10.5 Å². The van der Waals surface area contributed by atoms with Crippen molar-refractivity contribution in [3.8, 4) is 5.19 Å². The van der Waals surface area contributed by atoms with Crippen LogP contribution >= 0.6 is 23.1 Å². The summed E-state index contributed by atoms with van der Waals surface area (Å²) in [5.74, 6) is 0.0230. The molecule has 0 atom stereocenters. The topological polar surface area (TPSA) is 86.0 Å². The summed E-state index contributed by atoms with van der Waals surface area (Å²) in [5.41, 5.74) is 0.348. The molecule has 0 N–H and O–H groups in total. The lowest BCUT2D eigenvalue weighted by Crippen LogP contribution is -2.42. The minimum absolute atomic E-state index is 0.0201. The highest BCUT2D eigenvalue weighted by Gasteiger charge is 2.25. The molecule has 0 radical (unpaired) electrons. The molecule has 1 fully saturated rings. The molecule has 4 rings (SSSR count). The lowest BCUT2D eigenvalue weighted by molar-refractivity contribution is -0.130. The number of piperidine rings is 1. The van der Waals surface area contributed by atoms with Crippen molar-refractivity contribution >= 4 is 39.2 Å². The lowest BCUT2D eigenvalue weighted by Gasteiger charge is -2.31. The molecule has 142 valence electrons. The number of hydrogen-bond donors (Lipinski definition) is 0. The molecule has 1 amide bonds. The van der Waals surface area contributed by atoms with Crippen LogP contribution in [0.1, 0.15) is 12.8 Å². The highest BCUT2D eigenvalue weighted by Crippen LogP contribution is 2.31. The fraction of sp³-hybridized carbons (Fsp3) is 0.438. The molecule has 0 spiro atoms. The second-order valence-corrected chi connectivity index (χ2v) is 8.07. The van der Waals surface area contributed by atoms with Crippen molar-refractivity contribution in [3.63, 3.8) is 0 Å². The number of benzene rings is 1. The summed E-state index contributed by atoms with van der Waals surface area (Å²) in [5, 5.41) is 12.2. The number of nitrogens with zero attached hydrogens (tertiary/aromatic N) is 6. The van der Waals surface area contributed by atoms with Crippen LogP contribution < -0.4 is 4.74 Å². The number of fused-ring (bicyclic) bond motifs is 1. The second-order valence-electron chi connectivity index (χ2n) is 6.14. The molecule has 0 bridgehead atoms. The van der Waals surface area contributed by atoms with Gasteiger partial charge in [0.25, 0.3) is 5.19 Å². The molecule has 0 unspecified atom stereocenters. The monoisotopic (exact) mass is 408 g/mol. The Labute approximate surface area is 162 Å². The molecule has 3 heterocycles. The van der Waals surface area contributed by atoms with Crippen LogP contribution in [0.25, 0.3) is 10.2 Å². The Balaban J connectivity index is 1.28. The van der Waals surface area contributed by atoms with Gasteiger partial charge in [-0.25, -0.2) is 9.07 Å². The van der Waals surface area contributed by atoms with Crippen molar-refractivity contribution in [2.24, 2.45) is 7.05 Å².